The second-order valence-corrected chi connectivity index (χ2v) is 7.59. The lowest BCUT2D eigenvalue weighted by Crippen LogP contribution is -2.38. The van der Waals surface area contributed by atoms with Gasteiger partial charge in [-0.3, -0.25) is 9.59 Å². The summed E-state index contributed by atoms with van der Waals surface area (Å²) in [6, 6.07) is 3.82. The molecule has 0 unspecified atom stereocenters. The normalized spacial score (nSPS) is 21.5. The molecule has 2 aliphatic rings. The van der Waals surface area contributed by atoms with Crippen LogP contribution in [0.3, 0.4) is 0 Å². The SMILES string of the molecule is O=C1CC[C@@H](c2nc(C3CCN(C(=O)Cc4cccs4)CC3)no2)N1. The van der Waals surface area contributed by atoms with Crippen LogP contribution in [0.2, 0.25) is 0 Å². The fourth-order valence-electron chi connectivity index (χ4n) is 3.42. The molecule has 25 heavy (non-hydrogen) atoms. The molecule has 2 aromatic heterocycles. The maximum Gasteiger partial charge on any atom is 0.249 e. The summed E-state index contributed by atoms with van der Waals surface area (Å²) in [5.41, 5.74) is 0. The Labute approximate surface area is 149 Å². The van der Waals surface area contributed by atoms with Crippen LogP contribution in [0.5, 0.6) is 0 Å². The van der Waals surface area contributed by atoms with E-state index < -0.39 is 0 Å². The molecule has 7 nitrogen and oxygen atoms in total. The Hall–Kier alpha value is -2.22. The van der Waals surface area contributed by atoms with E-state index in [0.717, 1.165) is 30.8 Å². The highest BCUT2D eigenvalue weighted by molar-refractivity contribution is 7.10. The van der Waals surface area contributed by atoms with Crippen molar-refractivity contribution in [1.29, 1.82) is 0 Å². The molecule has 0 spiro atoms. The van der Waals surface area contributed by atoms with Crippen LogP contribution in [0.15, 0.2) is 22.0 Å². The first kappa shape index (κ1) is 16.3. The number of nitrogens with one attached hydrogen (secondary N) is 1. The Bertz CT molecular complexity index is 750. The van der Waals surface area contributed by atoms with E-state index in [0.29, 0.717) is 31.0 Å². The second-order valence-electron chi connectivity index (χ2n) is 6.56. The third-order valence-corrected chi connectivity index (χ3v) is 5.75. The molecule has 0 aromatic carbocycles. The maximum absolute atomic E-state index is 12.4. The molecule has 1 N–H and O–H groups in total. The molecule has 2 amide bonds. The Morgan fingerprint density at radius 1 is 1.36 bits per heavy atom. The van der Waals surface area contributed by atoms with Gasteiger partial charge >= 0.3 is 0 Å². The average molecular weight is 360 g/mol. The summed E-state index contributed by atoms with van der Waals surface area (Å²) in [6.45, 7) is 1.44. The molecule has 0 bridgehead atoms. The largest absolute Gasteiger partial charge is 0.344 e. The van der Waals surface area contributed by atoms with Crippen LogP contribution in [-0.2, 0) is 16.0 Å². The molecule has 132 valence electrons. The lowest BCUT2D eigenvalue weighted by molar-refractivity contribution is -0.131. The predicted octanol–water partition coefficient (Wildman–Crippen LogP) is 2.03. The topological polar surface area (TPSA) is 88.3 Å². The number of amides is 2. The van der Waals surface area contributed by atoms with E-state index in [9.17, 15) is 9.59 Å². The number of nitrogens with zero attached hydrogens (tertiary/aromatic N) is 3. The molecule has 2 saturated heterocycles. The highest BCUT2D eigenvalue weighted by Crippen LogP contribution is 2.29. The number of hydrogen-bond acceptors (Lipinski definition) is 6. The molecule has 4 heterocycles. The van der Waals surface area contributed by atoms with Crippen LogP contribution in [0.4, 0.5) is 0 Å². The minimum Gasteiger partial charge on any atom is -0.344 e. The molecule has 1 atom stereocenters. The Kier molecular flexibility index (Phi) is 4.52. The van der Waals surface area contributed by atoms with Crippen LogP contribution < -0.4 is 5.32 Å². The van der Waals surface area contributed by atoms with Crippen molar-refractivity contribution in [3.63, 3.8) is 0 Å². The highest BCUT2D eigenvalue weighted by Gasteiger charge is 2.30. The van der Waals surface area contributed by atoms with Crippen molar-refractivity contribution in [2.45, 2.75) is 44.1 Å². The van der Waals surface area contributed by atoms with Crippen LogP contribution in [0.1, 0.15) is 54.2 Å². The lowest BCUT2D eigenvalue weighted by atomic mass is 9.96. The van der Waals surface area contributed by atoms with E-state index in [2.05, 4.69) is 15.5 Å². The molecular formula is C17H20N4O3S. The van der Waals surface area contributed by atoms with Crippen LogP contribution in [0, 0.1) is 0 Å². The summed E-state index contributed by atoms with van der Waals surface area (Å²) in [5, 5.41) is 8.94. The van der Waals surface area contributed by atoms with Gasteiger partial charge in [0.25, 0.3) is 0 Å². The van der Waals surface area contributed by atoms with Crippen LogP contribution in [-0.4, -0.2) is 39.9 Å². The highest BCUT2D eigenvalue weighted by atomic mass is 32.1. The van der Waals surface area contributed by atoms with Gasteiger partial charge in [0, 0.05) is 30.3 Å². The smallest absolute Gasteiger partial charge is 0.249 e. The Balaban J connectivity index is 1.32. The standard InChI is InChI=1S/C17H20N4O3S/c22-14-4-3-13(18-14)17-19-16(20-24-17)11-5-7-21(8-6-11)15(23)10-12-2-1-9-25-12/h1-2,9,11,13H,3-8,10H2,(H,18,22)/t13-/m0/s1. The predicted molar refractivity (Wildman–Crippen MR) is 91.0 cm³/mol. The summed E-state index contributed by atoms with van der Waals surface area (Å²) < 4.78 is 5.34. The summed E-state index contributed by atoms with van der Waals surface area (Å²) in [4.78, 5) is 31.2. The minimum absolute atomic E-state index is 0.0299. The van der Waals surface area contributed by atoms with Crippen molar-refractivity contribution >= 4 is 23.2 Å². The van der Waals surface area contributed by atoms with Gasteiger partial charge in [0.15, 0.2) is 5.82 Å². The quantitative estimate of drug-likeness (QED) is 0.901. The van der Waals surface area contributed by atoms with Crippen molar-refractivity contribution in [2.75, 3.05) is 13.1 Å². The van der Waals surface area contributed by atoms with Crippen molar-refractivity contribution < 1.29 is 14.1 Å². The fourth-order valence-corrected chi connectivity index (χ4v) is 4.11. The van der Waals surface area contributed by atoms with Gasteiger partial charge in [0.2, 0.25) is 17.7 Å². The van der Waals surface area contributed by atoms with Gasteiger partial charge in [-0.25, -0.2) is 0 Å². The zero-order chi connectivity index (χ0) is 17.2. The third-order valence-electron chi connectivity index (χ3n) is 4.87. The van der Waals surface area contributed by atoms with Gasteiger partial charge in [-0.05, 0) is 30.7 Å². The summed E-state index contributed by atoms with van der Waals surface area (Å²) >= 11 is 1.62. The molecule has 2 aliphatic heterocycles. The number of piperidine rings is 1. The number of carbonyl (C=O) groups excluding carboxylic acids is 2. The van der Waals surface area contributed by atoms with E-state index in [4.69, 9.17) is 4.52 Å². The zero-order valence-corrected chi connectivity index (χ0v) is 14.6. The van der Waals surface area contributed by atoms with E-state index in [1.54, 1.807) is 11.3 Å². The van der Waals surface area contributed by atoms with Gasteiger partial charge in [-0.1, -0.05) is 11.2 Å². The van der Waals surface area contributed by atoms with Gasteiger partial charge in [0.1, 0.15) is 6.04 Å². The van der Waals surface area contributed by atoms with Crippen LogP contribution >= 0.6 is 11.3 Å². The summed E-state index contributed by atoms with van der Waals surface area (Å²) in [7, 11) is 0. The van der Waals surface area contributed by atoms with E-state index in [1.165, 1.54) is 0 Å². The number of hydrogen-bond donors (Lipinski definition) is 1. The molecule has 4 rings (SSSR count). The first-order valence-electron chi connectivity index (χ1n) is 8.62. The zero-order valence-electron chi connectivity index (χ0n) is 13.8. The Morgan fingerprint density at radius 3 is 2.88 bits per heavy atom. The number of aromatic nitrogens is 2. The summed E-state index contributed by atoms with van der Waals surface area (Å²) in [5.74, 6) is 1.62. The van der Waals surface area contributed by atoms with Crippen LogP contribution in [0.25, 0.3) is 0 Å². The van der Waals surface area contributed by atoms with Crippen molar-refractivity contribution in [2.24, 2.45) is 0 Å². The fraction of sp³-hybridized carbons (Fsp3) is 0.529. The number of rotatable bonds is 4. The maximum atomic E-state index is 12.4. The molecule has 0 aliphatic carbocycles. The molecular weight excluding hydrogens is 340 g/mol. The lowest BCUT2D eigenvalue weighted by Gasteiger charge is -2.30. The third kappa shape index (κ3) is 3.58. The number of carbonyl (C=O) groups is 2. The molecule has 2 fully saturated rings. The van der Waals surface area contributed by atoms with Gasteiger partial charge in [-0.15, -0.1) is 11.3 Å². The first-order valence-corrected chi connectivity index (χ1v) is 9.50. The Morgan fingerprint density at radius 2 is 2.20 bits per heavy atom. The average Bonchev–Trinajstić information content (AvgIpc) is 3.36. The van der Waals surface area contributed by atoms with Crippen molar-refractivity contribution in [1.82, 2.24) is 20.4 Å². The number of likely N-dealkylation sites (tertiary alicyclic amines) is 1. The van der Waals surface area contributed by atoms with E-state index >= 15 is 0 Å². The van der Waals surface area contributed by atoms with Crippen molar-refractivity contribution in [3.8, 4) is 0 Å². The van der Waals surface area contributed by atoms with E-state index in [1.807, 2.05) is 22.4 Å². The van der Waals surface area contributed by atoms with Gasteiger partial charge in [0.05, 0.1) is 6.42 Å². The van der Waals surface area contributed by atoms with E-state index in [-0.39, 0.29) is 23.8 Å². The summed E-state index contributed by atoms with van der Waals surface area (Å²) in [6.07, 6.45) is 3.37. The molecule has 0 radical (unpaired) electrons. The number of thiophene rings is 1. The first-order chi connectivity index (χ1) is 12.2. The van der Waals surface area contributed by atoms with Gasteiger partial charge < -0.3 is 14.7 Å². The van der Waals surface area contributed by atoms with Crippen molar-refractivity contribution in [3.05, 3.63) is 34.1 Å². The molecule has 2 aromatic rings. The molecule has 0 saturated carbocycles. The second kappa shape index (κ2) is 6.95. The molecule has 8 heteroatoms. The van der Waals surface area contributed by atoms with Gasteiger partial charge in [-0.2, -0.15) is 4.98 Å². The monoisotopic (exact) mass is 360 g/mol. The minimum atomic E-state index is -0.152.